The molecule has 0 atom stereocenters. The van der Waals surface area contributed by atoms with Crippen molar-refractivity contribution in [3.05, 3.63) is 0 Å². The lowest BCUT2D eigenvalue weighted by molar-refractivity contribution is 0.499. The molecular formula is CH4N2O3S. The van der Waals surface area contributed by atoms with Crippen LogP contribution in [0.1, 0.15) is 0 Å². The lowest BCUT2D eigenvalue weighted by atomic mass is 11.7. The van der Waals surface area contributed by atoms with Crippen LogP contribution in [0.3, 0.4) is 0 Å². The van der Waals surface area contributed by atoms with Gasteiger partial charge in [-0.3, -0.25) is 4.55 Å². The average molecular weight is 124 g/mol. The minimum absolute atomic E-state index is 0.243. The van der Waals surface area contributed by atoms with Gasteiger partial charge in [0.05, 0.1) is 0 Å². The number of hydrogen-bond donors (Lipinski definition) is 2. The van der Waals surface area contributed by atoms with E-state index in [4.69, 9.17) is 4.55 Å². The van der Waals surface area contributed by atoms with Gasteiger partial charge >= 0.3 is 10.1 Å². The Bertz CT molecular complexity index is 156. The van der Waals surface area contributed by atoms with Gasteiger partial charge in [0.25, 0.3) is 0 Å². The van der Waals surface area contributed by atoms with Crippen LogP contribution in [-0.4, -0.2) is 18.5 Å². The molecule has 0 aliphatic heterocycles. The first-order valence-electron chi connectivity index (χ1n) is 1.27. The van der Waals surface area contributed by atoms with Crippen LogP contribution in [0.4, 0.5) is 0 Å². The van der Waals surface area contributed by atoms with Gasteiger partial charge in [-0.15, -0.1) is 0 Å². The fourth-order valence-corrected chi connectivity index (χ4v) is 0.231. The predicted molar refractivity (Wildman–Crippen MR) is 24.2 cm³/mol. The van der Waals surface area contributed by atoms with Crippen LogP contribution >= 0.6 is 0 Å². The molecule has 0 aromatic rings. The molecule has 3 N–H and O–H groups in total. The van der Waals surface area contributed by atoms with Crippen molar-refractivity contribution in [1.29, 1.82) is 0 Å². The Balaban J connectivity index is 4.13. The minimum atomic E-state index is -4.09. The molecule has 42 valence electrons. The average Bonchev–Trinajstić information content (AvgIpc) is 1.30. The van der Waals surface area contributed by atoms with E-state index in [9.17, 15) is 8.42 Å². The van der Waals surface area contributed by atoms with Crippen LogP contribution in [0.25, 0.3) is 0 Å². The van der Waals surface area contributed by atoms with Crippen molar-refractivity contribution in [3.8, 4) is 0 Å². The second-order valence-corrected chi connectivity index (χ2v) is 2.01. The lowest BCUT2D eigenvalue weighted by Gasteiger charge is -1.75. The Kier molecular flexibility index (Phi) is 1.73. The molecule has 7 heavy (non-hydrogen) atoms. The zero-order valence-corrected chi connectivity index (χ0v) is 4.09. The van der Waals surface area contributed by atoms with Gasteiger partial charge in [-0.1, -0.05) is 0 Å². The van der Waals surface area contributed by atoms with E-state index in [0.717, 1.165) is 0 Å². The standard InChI is InChI=1S/CH4N2O3S/c2-3-1-7(4,5)6/h1H,2H2,(H,4,5,6). The topological polar surface area (TPSA) is 92.8 Å². The minimum Gasteiger partial charge on any atom is -0.323 e. The number of nitrogens with zero attached hydrogens (tertiary/aromatic N) is 1. The van der Waals surface area contributed by atoms with Gasteiger partial charge in [0.2, 0.25) is 0 Å². The summed E-state index contributed by atoms with van der Waals surface area (Å²) in [5.74, 6) is 4.34. The molecular weight excluding hydrogens is 120 g/mol. The third kappa shape index (κ3) is 5.38. The molecule has 0 unspecified atom stereocenters. The monoisotopic (exact) mass is 124 g/mol. The van der Waals surface area contributed by atoms with Crippen molar-refractivity contribution in [2.24, 2.45) is 10.9 Å². The van der Waals surface area contributed by atoms with E-state index in [0.29, 0.717) is 0 Å². The third-order valence-corrected chi connectivity index (χ3v) is 0.582. The van der Waals surface area contributed by atoms with E-state index >= 15 is 0 Å². The maximum Gasteiger partial charge on any atom is 0.306 e. The summed E-state index contributed by atoms with van der Waals surface area (Å²) in [4.78, 5) is 0. The Morgan fingerprint density at radius 3 is 2.14 bits per heavy atom. The molecule has 0 heterocycles. The van der Waals surface area contributed by atoms with Crippen LogP contribution in [0.5, 0.6) is 0 Å². The smallest absolute Gasteiger partial charge is 0.306 e. The van der Waals surface area contributed by atoms with Crippen molar-refractivity contribution in [2.75, 3.05) is 0 Å². The summed E-state index contributed by atoms with van der Waals surface area (Å²) < 4.78 is 26.9. The molecule has 0 rings (SSSR count). The van der Waals surface area contributed by atoms with Gasteiger partial charge in [0.15, 0.2) is 5.55 Å². The quantitative estimate of drug-likeness (QED) is 0.150. The number of nitrogens with two attached hydrogens (primary N) is 1. The molecule has 0 radical (unpaired) electrons. The third-order valence-electron chi connectivity index (χ3n) is 0.194. The zero-order chi connectivity index (χ0) is 5.91. The van der Waals surface area contributed by atoms with Crippen LogP contribution in [0.2, 0.25) is 0 Å². The molecule has 0 aromatic carbocycles. The molecule has 0 aromatic heterocycles. The molecule has 0 saturated carbocycles. The first kappa shape index (κ1) is 6.38. The highest BCUT2D eigenvalue weighted by molar-refractivity contribution is 7.99. The van der Waals surface area contributed by atoms with Crippen molar-refractivity contribution in [1.82, 2.24) is 0 Å². The van der Waals surface area contributed by atoms with Crippen molar-refractivity contribution in [2.45, 2.75) is 0 Å². The lowest BCUT2D eigenvalue weighted by Crippen LogP contribution is -1.98. The SMILES string of the molecule is NN=CS(=O)(=O)O. The van der Waals surface area contributed by atoms with Crippen LogP contribution < -0.4 is 5.84 Å². The van der Waals surface area contributed by atoms with Gasteiger partial charge in [-0.2, -0.15) is 13.5 Å². The fraction of sp³-hybridized carbons (Fsp3) is 0. The molecule has 0 saturated heterocycles. The van der Waals surface area contributed by atoms with E-state index in [1.165, 1.54) is 0 Å². The molecule has 0 spiro atoms. The summed E-state index contributed by atoms with van der Waals surface area (Å²) in [5.41, 5.74) is 0.243. The van der Waals surface area contributed by atoms with E-state index in [1.807, 2.05) is 0 Å². The summed E-state index contributed by atoms with van der Waals surface area (Å²) >= 11 is 0. The van der Waals surface area contributed by atoms with Crippen molar-refractivity contribution >= 4 is 15.7 Å². The summed E-state index contributed by atoms with van der Waals surface area (Å²) in [6.07, 6.45) is 0. The van der Waals surface area contributed by atoms with E-state index < -0.39 is 10.1 Å². The van der Waals surface area contributed by atoms with Crippen molar-refractivity contribution < 1.29 is 13.0 Å². The highest BCUT2D eigenvalue weighted by Crippen LogP contribution is 1.67. The molecule has 6 heteroatoms. The molecule has 5 nitrogen and oxygen atoms in total. The van der Waals surface area contributed by atoms with Crippen LogP contribution in [0.15, 0.2) is 5.10 Å². The van der Waals surface area contributed by atoms with E-state index in [-0.39, 0.29) is 5.55 Å². The Morgan fingerprint density at radius 1 is 1.71 bits per heavy atom. The van der Waals surface area contributed by atoms with Gasteiger partial charge < -0.3 is 5.84 Å². The molecule has 0 amide bonds. The Hall–Kier alpha value is -0.620. The first-order chi connectivity index (χ1) is 3.06. The first-order valence-corrected chi connectivity index (χ1v) is 2.77. The summed E-state index contributed by atoms with van der Waals surface area (Å²) in [6, 6.07) is 0. The Morgan fingerprint density at radius 2 is 2.14 bits per heavy atom. The molecule has 0 aliphatic carbocycles. The summed E-state index contributed by atoms with van der Waals surface area (Å²) in [5, 5.41) is 2.54. The van der Waals surface area contributed by atoms with E-state index in [1.54, 1.807) is 0 Å². The van der Waals surface area contributed by atoms with Gasteiger partial charge in [-0.25, -0.2) is 0 Å². The maximum absolute atomic E-state index is 9.56. The maximum atomic E-state index is 9.56. The summed E-state index contributed by atoms with van der Waals surface area (Å²) in [7, 11) is -4.09. The molecule has 0 fully saturated rings. The van der Waals surface area contributed by atoms with Gasteiger partial charge in [0, 0.05) is 0 Å². The predicted octanol–water partition coefficient (Wildman–Crippen LogP) is -1.22. The zero-order valence-electron chi connectivity index (χ0n) is 3.27. The second kappa shape index (κ2) is 1.90. The summed E-state index contributed by atoms with van der Waals surface area (Å²) in [6.45, 7) is 0. The van der Waals surface area contributed by atoms with Gasteiger partial charge in [-0.05, 0) is 0 Å². The number of rotatable bonds is 1. The van der Waals surface area contributed by atoms with Crippen LogP contribution in [0, 0.1) is 0 Å². The normalized spacial score (nSPS) is 12.7. The highest BCUT2D eigenvalue weighted by Gasteiger charge is 1.92. The Labute approximate surface area is 40.6 Å². The largest absolute Gasteiger partial charge is 0.323 e. The molecule has 0 bridgehead atoms. The highest BCUT2D eigenvalue weighted by atomic mass is 32.2. The van der Waals surface area contributed by atoms with Crippen LogP contribution in [-0.2, 0) is 10.1 Å². The van der Waals surface area contributed by atoms with Gasteiger partial charge in [0.1, 0.15) is 0 Å². The van der Waals surface area contributed by atoms with Crippen molar-refractivity contribution in [3.63, 3.8) is 0 Å². The number of hydrazone groups is 1. The molecule has 0 aliphatic rings. The second-order valence-electron chi connectivity index (χ2n) is 0.769. The number of hydrogen-bond acceptors (Lipinski definition) is 4. The fourth-order valence-electron chi connectivity index (χ4n) is 0.0769. The van der Waals surface area contributed by atoms with E-state index in [2.05, 4.69) is 10.9 Å².